The quantitative estimate of drug-likeness (QED) is 0.660. The molecule has 1 heterocycles. The summed E-state index contributed by atoms with van der Waals surface area (Å²) in [6.45, 7) is 3.53. The number of non-ortho nitro benzene ring substituents is 1. The van der Waals surface area contributed by atoms with Crippen LogP contribution < -0.4 is 10.6 Å². The first-order chi connectivity index (χ1) is 9.93. The van der Waals surface area contributed by atoms with Crippen LogP contribution in [0.1, 0.15) is 19.8 Å². The number of anilines is 1. The van der Waals surface area contributed by atoms with E-state index in [9.17, 15) is 14.9 Å². The topological polar surface area (TPSA) is 87.5 Å². The SMILES string of the molecule is CNC1(C)CCN(C(=O)Nc2ccc([N+](=O)[O-])cc2)CC1. The number of piperidine rings is 1. The third kappa shape index (κ3) is 3.69. The van der Waals surface area contributed by atoms with Gasteiger partial charge in [0.1, 0.15) is 0 Å². The zero-order valence-corrected chi connectivity index (χ0v) is 12.3. The molecule has 1 aromatic carbocycles. The Labute approximate surface area is 123 Å². The average Bonchev–Trinajstić information content (AvgIpc) is 2.48. The number of hydrogen-bond acceptors (Lipinski definition) is 4. The fraction of sp³-hybridized carbons (Fsp3) is 0.500. The minimum Gasteiger partial charge on any atom is -0.324 e. The number of carbonyl (C=O) groups is 1. The highest BCUT2D eigenvalue weighted by atomic mass is 16.6. The number of benzene rings is 1. The molecule has 0 atom stereocenters. The van der Waals surface area contributed by atoms with E-state index in [1.165, 1.54) is 24.3 Å². The Morgan fingerprint density at radius 2 is 1.86 bits per heavy atom. The monoisotopic (exact) mass is 292 g/mol. The van der Waals surface area contributed by atoms with E-state index in [0.717, 1.165) is 12.8 Å². The molecule has 1 saturated heterocycles. The molecule has 1 aromatic rings. The summed E-state index contributed by atoms with van der Waals surface area (Å²) in [6.07, 6.45) is 1.80. The summed E-state index contributed by atoms with van der Waals surface area (Å²) in [5.41, 5.74) is 0.660. The Balaban J connectivity index is 1.92. The Morgan fingerprint density at radius 3 is 2.33 bits per heavy atom. The van der Waals surface area contributed by atoms with Gasteiger partial charge in [0.25, 0.3) is 5.69 Å². The molecule has 2 rings (SSSR count). The minimum atomic E-state index is -0.463. The lowest BCUT2D eigenvalue weighted by Crippen LogP contribution is -2.52. The van der Waals surface area contributed by atoms with Crippen molar-refractivity contribution in [2.24, 2.45) is 0 Å². The molecule has 0 unspecified atom stereocenters. The third-order valence-corrected chi connectivity index (χ3v) is 4.09. The van der Waals surface area contributed by atoms with Gasteiger partial charge in [-0.15, -0.1) is 0 Å². The van der Waals surface area contributed by atoms with E-state index >= 15 is 0 Å². The number of likely N-dealkylation sites (tertiary alicyclic amines) is 1. The molecule has 0 aromatic heterocycles. The molecule has 0 aliphatic carbocycles. The largest absolute Gasteiger partial charge is 0.324 e. The van der Waals surface area contributed by atoms with Gasteiger partial charge in [-0.1, -0.05) is 0 Å². The highest BCUT2D eigenvalue weighted by Crippen LogP contribution is 2.22. The van der Waals surface area contributed by atoms with Gasteiger partial charge in [0.2, 0.25) is 0 Å². The van der Waals surface area contributed by atoms with Gasteiger partial charge >= 0.3 is 6.03 Å². The van der Waals surface area contributed by atoms with Gasteiger partial charge in [0.05, 0.1) is 4.92 Å². The number of rotatable bonds is 3. The van der Waals surface area contributed by atoms with Crippen LogP contribution in [-0.2, 0) is 0 Å². The van der Waals surface area contributed by atoms with Crippen LogP contribution in [0.15, 0.2) is 24.3 Å². The summed E-state index contributed by atoms with van der Waals surface area (Å²) < 4.78 is 0. The number of hydrogen-bond donors (Lipinski definition) is 2. The van der Waals surface area contributed by atoms with Gasteiger partial charge in [-0.05, 0) is 38.9 Å². The van der Waals surface area contributed by atoms with E-state index in [-0.39, 0.29) is 17.3 Å². The lowest BCUT2D eigenvalue weighted by molar-refractivity contribution is -0.384. The average molecular weight is 292 g/mol. The zero-order valence-electron chi connectivity index (χ0n) is 12.3. The van der Waals surface area contributed by atoms with Crippen LogP contribution >= 0.6 is 0 Å². The van der Waals surface area contributed by atoms with Gasteiger partial charge in [0.15, 0.2) is 0 Å². The normalized spacial score (nSPS) is 17.3. The van der Waals surface area contributed by atoms with Gasteiger partial charge in [-0.3, -0.25) is 10.1 Å². The van der Waals surface area contributed by atoms with Gasteiger partial charge in [0, 0.05) is 36.4 Å². The number of nitrogens with one attached hydrogen (secondary N) is 2. The van der Waals surface area contributed by atoms with Crippen molar-refractivity contribution in [2.45, 2.75) is 25.3 Å². The number of nitrogens with zero attached hydrogens (tertiary/aromatic N) is 2. The molecule has 114 valence electrons. The van der Waals surface area contributed by atoms with E-state index in [0.29, 0.717) is 18.8 Å². The number of carbonyl (C=O) groups excluding carboxylic acids is 1. The number of urea groups is 1. The van der Waals surface area contributed by atoms with Crippen LogP contribution in [0.25, 0.3) is 0 Å². The molecular formula is C14H20N4O3. The van der Waals surface area contributed by atoms with Gasteiger partial charge in [-0.2, -0.15) is 0 Å². The van der Waals surface area contributed by atoms with E-state index in [1.807, 2.05) is 7.05 Å². The summed E-state index contributed by atoms with van der Waals surface area (Å²) in [4.78, 5) is 24.0. The Morgan fingerprint density at radius 1 is 1.29 bits per heavy atom. The Bertz CT molecular complexity index is 522. The van der Waals surface area contributed by atoms with Crippen molar-refractivity contribution >= 4 is 17.4 Å². The molecule has 7 nitrogen and oxygen atoms in total. The minimum absolute atomic E-state index is 0.00996. The predicted molar refractivity (Wildman–Crippen MR) is 80.4 cm³/mol. The molecule has 0 radical (unpaired) electrons. The first-order valence-corrected chi connectivity index (χ1v) is 6.93. The van der Waals surface area contributed by atoms with E-state index < -0.39 is 4.92 Å². The van der Waals surface area contributed by atoms with Crippen molar-refractivity contribution in [1.82, 2.24) is 10.2 Å². The first-order valence-electron chi connectivity index (χ1n) is 6.93. The molecule has 7 heteroatoms. The lowest BCUT2D eigenvalue weighted by atomic mass is 9.90. The van der Waals surface area contributed by atoms with Gasteiger partial charge < -0.3 is 15.5 Å². The molecule has 2 amide bonds. The Kier molecular flexibility index (Phi) is 4.42. The second kappa shape index (κ2) is 6.09. The molecular weight excluding hydrogens is 272 g/mol. The van der Waals surface area contributed by atoms with Crippen molar-refractivity contribution in [3.05, 3.63) is 34.4 Å². The van der Waals surface area contributed by atoms with Crippen LogP contribution in [0.2, 0.25) is 0 Å². The molecule has 21 heavy (non-hydrogen) atoms. The van der Waals surface area contributed by atoms with Gasteiger partial charge in [-0.25, -0.2) is 4.79 Å². The maximum Gasteiger partial charge on any atom is 0.321 e. The van der Waals surface area contributed by atoms with Crippen LogP contribution in [0, 0.1) is 10.1 Å². The zero-order chi connectivity index (χ0) is 15.5. The van der Waals surface area contributed by atoms with Crippen LogP contribution in [-0.4, -0.2) is 41.5 Å². The molecule has 0 saturated carbocycles. The second-order valence-corrected chi connectivity index (χ2v) is 5.53. The molecule has 2 N–H and O–H groups in total. The summed E-state index contributed by atoms with van der Waals surface area (Å²) >= 11 is 0. The van der Waals surface area contributed by atoms with E-state index in [2.05, 4.69) is 17.6 Å². The maximum atomic E-state index is 12.1. The number of amides is 2. The van der Waals surface area contributed by atoms with Crippen molar-refractivity contribution in [1.29, 1.82) is 0 Å². The van der Waals surface area contributed by atoms with E-state index in [4.69, 9.17) is 0 Å². The third-order valence-electron chi connectivity index (χ3n) is 4.09. The van der Waals surface area contributed by atoms with Crippen molar-refractivity contribution in [3.63, 3.8) is 0 Å². The standard InChI is InChI=1S/C14H20N4O3/c1-14(15-2)7-9-17(10-8-14)13(19)16-11-3-5-12(6-4-11)18(20)21/h3-6,15H,7-10H2,1-2H3,(H,16,19). The summed E-state index contributed by atoms with van der Waals surface area (Å²) in [6, 6.07) is 5.67. The molecule has 1 fully saturated rings. The number of nitro benzene ring substituents is 1. The Hall–Kier alpha value is -2.15. The summed E-state index contributed by atoms with van der Waals surface area (Å²) in [5.74, 6) is 0. The fourth-order valence-corrected chi connectivity index (χ4v) is 2.32. The predicted octanol–water partition coefficient (Wildman–Crippen LogP) is 2.20. The molecule has 1 aliphatic rings. The van der Waals surface area contributed by atoms with Crippen molar-refractivity contribution in [2.75, 3.05) is 25.5 Å². The van der Waals surface area contributed by atoms with Crippen LogP contribution in [0.5, 0.6) is 0 Å². The highest BCUT2D eigenvalue weighted by molar-refractivity contribution is 5.89. The molecule has 0 spiro atoms. The molecule has 0 bridgehead atoms. The smallest absolute Gasteiger partial charge is 0.321 e. The maximum absolute atomic E-state index is 12.1. The van der Waals surface area contributed by atoms with E-state index in [1.54, 1.807) is 4.90 Å². The van der Waals surface area contributed by atoms with Crippen LogP contribution in [0.4, 0.5) is 16.2 Å². The lowest BCUT2D eigenvalue weighted by Gasteiger charge is -2.39. The summed E-state index contributed by atoms with van der Waals surface area (Å²) in [7, 11) is 1.94. The first kappa shape index (κ1) is 15.2. The fourth-order valence-electron chi connectivity index (χ4n) is 2.32. The number of nitro groups is 1. The van der Waals surface area contributed by atoms with Crippen molar-refractivity contribution < 1.29 is 9.72 Å². The summed E-state index contributed by atoms with van der Waals surface area (Å²) in [5, 5.41) is 16.6. The molecule has 1 aliphatic heterocycles. The van der Waals surface area contributed by atoms with Crippen LogP contribution in [0.3, 0.4) is 0 Å². The highest BCUT2D eigenvalue weighted by Gasteiger charge is 2.30. The van der Waals surface area contributed by atoms with Crippen molar-refractivity contribution in [3.8, 4) is 0 Å². The second-order valence-electron chi connectivity index (χ2n) is 5.53.